The number of nitrogens with zero attached hydrogens (tertiary/aromatic N) is 1. The van der Waals surface area contributed by atoms with Crippen LogP contribution in [-0.2, 0) is 17.9 Å². The molecule has 1 saturated heterocycles. The summed E-state index contributed by atoms with van der Waals surface area (Å²) in [6.07, 6.45) is -0.0415. The minimum Gasteiger partial charge on any atom is -0.488 e. The smallest absolute Gasteiger partial charge is 0.255 e. The Kier molecular flexibility index (Phi) is 3.71. The fraction of sp³-hybridized carbons (Fsp3) is 0.333. The lowest BCUT2D eigenvalue weighted by molar-refractivity contribution is -0.123. The first-order valence-electron chi connectivity index (χ1n) is 9.30. The molecule has 2 amide bonds. The van der Waals surface area contributed by atoms with Gasteiger partial charge in [0.1, 0.15) is 24.3 Å². The van der Waals surface area contributed by atoms with E-state index in [2.05, 4.69) is 5.32 Å². The fourth-order valence-corrected chi connectivity index (χ4v) is 4.48. The Morgan fingerprint density at radius 1 is 1.21 bits per heavy atom. The fourth-order valence-electron chi connectivity index (χ4n) is 4.48. The van der Waals surface area contributed by atoms with Crippen LogP contribution in [0.1, 0.15) is 34.3 Å². The van der Waals surface area contributed by atoms with E-state index in [9.17, 15) is 19.1 Å². The van der Waals surface area contributed by atoms with Crippen LogP contribution in [0.25, 0.3) is 0 Å². The monoisotopic (exact) mass is 382 g/mol. The van der Waals surface area contributed by atoms with Gasteiger partial charge >= 0.3 is 0 Å². The van der Waals surface area contributed by atoms with Crippen molar-refractivity contribution in [2.45, 2.75) is 43.7 Å². The van der Waals surface area contributed by atoms with Crippen LogP contribution < -0.4 is 10.1 Å². The number of aliphatic hydroxyl groups is 1. The average Bonchev–Trinajstić information content (AvgIpc) is 3.12. The molecule has 5 rings (SSSR count). The van der Waals surface area contributed by atoms with E-state index >= 15 is 0 Å². The molecule has 3 atom stereocenters. The zero-order valence-corrected chi connectivity index (χ0v) is 15.0. The van der Waals surface area contributed by atoms with Crippen molar-refractivity contribution < 1.29 is 23.8 Å². The summed E-state index contributed by atoms with van der Waals surface area (Å²) in [7, 11) is 0. The van der Waals surface area contributed by atoms with Gasteiger partial charge in [-0.25, -0.2) is 4.39 Å². The Labute approximate surface area is 160 Å². The maximum atomic E-state index is 13.9. The molecule has 0 aromatic heterocycles. The Morgan fingerprint density at radius 3 is 2.82 bits per heavy atom. The highest BCUT2D eigenvalue weighted by Crippen LogP contribution is 2.52. The van der Waals surface area contributed by atoms with Crippen molar-refractivity contribution in [1.29, 1.82) is 0 Å². The van der Waals surface area contributed by atoms with E-state index in [1.807, 2.05) is 0 Å². The molecule has 3 aliphatic rings. The first-order valence-corrected chi connectivity index (χ1v) is 9.30. The quantitative estimate of drug-likeness (QED) is 0.845. The molecule has 1 aliphatic carbocycles. The summed E-state index contributed by atoms with van der Waals surface area (Å²) in [4.78, 5) is 26.3. The van der Waals surface area contributed by atoms with E-state index in [1.165, 1.54) is 6.07 Å². The summed E-state index contributed by atoms with van der Waals surface area (Å²) in [6.45, 7) is 0.356. The molecule has 2 fully saturated rings. The maximum absolute atomic E-state index is 13.9. The predicted octanol–water partition coefficient (Wildman–Crippen LogP) is 1.75. The highest BCUT2D eigenvalue weighted by molar-refractivity contribution is 6.00. The van der Waals surface area contributed by atoms with Crippen LogP contribution in [0.15, 0.2) is 42.5 Å². The van der Waals surface area contributed by atoms with Crippen molar-refractivity contribution in [2.24, 2.45) is 0 Å². The zero-order valence-electron chi connectivity index (χ0n) is 15.0. The molecule has 2 aliphatic heterocycles. The van der Waals surface area contributed by atoms with Gasteiger partial charge in [-0.3, -0.25) is 9.59 Å². The second kappa shape index (κ2) is 6.04. The van der Waals surface area contributed by atoms with Gasteiger partial charge in [-0.2, -0.15) is 0 Å². The van der Waals surface area contributed by atoms with Crippen LogP contribution in [0, 0.1) is 5.82 Å². The van der Waals surface area contributed by atoms with E-state index < -0.39 is 17.7 Å². The van der Waals surface area contributed by atoms with Gasteiger partial charge in [-0.05, 0) is 24.6 Å². The van der Waals surface area contributed by atoms with Crippen molar-refractivity contribution in [3.05, 3.63) is 65.0 Å². The number of carbonyl (C=O) groups excluding carboxylic acids is 2. The van der Waals surface area contributed by atoms with Gasteiger partial charge in [0.2, 0.25) is 5.91 Å². The summed E-state index contributed by atoms with van der Waals surface area (Å²) in [5, 5.41) is 13.2. The molecule has 0 spiro atoms. The molecule has 7 heteroatoms. The second-order valence-electron chi connectivity index (χ2n) is 7.53. The Hall–Kier alpha value is -2.93. The third-order valence-electron chi connectivity index (χ3n) is 6.09. The lowest BCUT2D eigenvalue weighted by Gasteiger charge is -2.31. The first-order chi connectivity index (χ1) is 13.5. The van der Waals surface area contributed by atoms with Crippen LogP contribution in [0.3, 0.4) is 0 Å². The molecule has 2 aromatic rings. The number of carbonyl (C=O) groups is 2. The lowest BCUT2D eigenvalue weighted by Crippen LogP contribution is -2.49. The van der Waals surface area contributed by atoms with Gasteiger partial charge in [0.05, 0.1) is 18.1 Å². The maximum Gasteiger partial charge on any atom is 0.255 e. The van der Waals surface area contributed by atoms with Gasteiger partial charge in [0, 0.05) is 23.1 Å². The molecule has 0 radical (unpaired) electrons. The number of hydrogen-bond donors (Lipinski definition) is 2. The van der Waals surface area contributed by atoms with E-state index in [1.54, 1.807) is 41.3 Å². The number of nitrogens with one attached hydrogen (secondary N) is 1. The average molecular weight is 382 g/mol. The number of rotatable bonds is 4. The molecule has 2 heterocycles. The Bertz CT molecular complexity index is 994. The summed E-state index contributed by atoms with van der Waals surface area (Å²) in [5.41, 5.74) is 0.947. The lowest BCUT2D eigenvalue weighted by atomic mass is 10.0. The van der Waals surface area contributed by atoms with E-state index in [0.717, 1.165) is 5.56 Å². The van der Waals surface area contributed by atoms with Crippen molar-refractivity contribution in [1.82, 2.24) is 10.2 Å². The van der Waals surface area contributed by atoms with Gasteiger partial charge < -0.3 is 20.1 Å². The van der Waals surface area contributed by atoms with E-state index in [-0.39, 0.29) is 30.7 Å². The molecular weight excluding hydrogens is 363 g/mol. The van der Waals surface area contributed by atoms with Crippen molar-refractivity contribution in [3.63, 3.8) is 0 Å². The van der Waals surface area contributed by atoms with E-state index in [0.29, 0.717) is 29.8 Å². The molecule has 2 N–H and O–H groups in total. The van der Waals surface area contributed by atoms with Crippen molar-refractivity contribution >= 4 is 11.8 Å². The number of ether oxygens (including phenoxy) is 1. The molecule has 0 bridgehead atoms. The number of halogens is 1. The van der Waals surface area contributed by atoms with Crippen LogP contribution >= 0.6 is 0 Å². The number of benzene rings is 2. The summed E-state index contributed by atoms with van der Waals surface area (Å²) < 4.78 is 19.7. The number of fused-ring (bicyclic) bond motifs is 2. The molecular formula is C21H19FN2O4. The Morgan fingerprint density at radius 2 is 2.04 bits per heavy atom. The van der Waals surface area contributed by atoms with Crippen LogP contribution in [0.4, 0.5) is 4.39 Å². The second-order valence-corrected chi connectivity index (χ2v) is 7.53. The van der Waals surface area contributed by atoms with Crippen LogP contribution in [0.5, 0.6) is 5.75 Å². The van der Waals surface area contributed by atoms with Crippen molar-refractivity contribution in [3.8, 4) is 5.75 Å². The van der Waals surface area contributed by atoms with Gasteiger partial charge in [0.25, 0.3) is 5.91 Å². The van der Waals surface area contributed by atoms with Crippen molar-refractivity contribution in [2.75, 3.05) is 0 Å². The number of aliphatic hydroxyl groups excluding tert-OH is 1. The summed E-state index contributed by atoms with van der Waals surface area (Å²) >= 11 is 0. The van der Waals surface area contributed by atoms with Gasteiger partial charge in [0.15, 0.2) is 0 Å². The molecule has 144 valence electrons. The van der Waals surface area contributed by atoms with Crippen LogP contribution in [0.2, 0.25) is 0 Å². The normalized spacial score (nSPS) is 27.9. The SMILES string of the molecule is O=C1CC[C@@]2(N3Cc4c(OCc5ccccc5F)cccc4C3=O)C(N1)[C@H]2O. The highest BCUT2D eigenvalue weighted by Gasteiger charge is 2.71. The van der Waals surface area contributed by atoms with E-state index in [4.69, 9.17) is 4.74 Å². The summed E-state index contributed by atoms with van der Waals surface area (Å²) in [6, 6.07) is 11.2. The predicted molar refractivity (Wildman–Crippen MR) is 97.0 cm³/mol. The third kappa shape index (κ3) is 2.36. The largest absolute Gasteiger partial charge is 0.488 e. The number of amides is 2. The Balaban J connectivity index is 1.40. The molecule has 6 nitrogen and oxygen atoms in total. The zero-order chi connectivity index (χ0) is 19.5. The third-order valence-corrected chi connectivity index (χ3v) is 6.09. The number of piperidine rings is 1. The summed E-state index contributed by atoms with van der Waals surface area (Å²) in [5.74, 6) is -0.0904. The highest BCUT2D eigenvalue weighted by atomic mass is 19.1. The molecule has 28 heavy (non-hydrogen) atoms. The topological polar surface area (TPSA) is 78.9 Å². The van der Waals surface area contributed by atoms with Crippen LogP contribution in [-0.4, -0.2) is 39.5 Å². The van der Waals surface area contributed by atoms with Gasteiger partial charge in [-0.15, -0.1) is 0 Å². The molecule has 1 saturated carbocycles. The minimum absolute atomic E-state index is 0.0593. The first kappa shape index (κ1) is 17.2. The minimum atomic E-state index is -0.764. The standard InChI is InChI=1S/C21H19FN2O4/c22-15-6-2-1-4-12(15)11-28-16-7-3-5-13-14(16)10-24(20(13)27)21-9-8-17(25)23-18(21)19(21)26/h1-7,18-19,26H,8-11H2,(H,23,25)/t18?,19-,21-/m1/s1. The number of hydrogen-bond acceptors (Lipinski definition) is 4. The molecule has 2 aromatic carbocycles. The van der Waals surface area contributed by atoms with Gasteiger partial charge in [-0.1, -0.05) is 24.3 Å². The molecule has 1 unspecified atom stereocenters.